The Morgan fingerprint density at radius 2 is 1.89 bits per heavy atom. The standard InChI is InChI=1S/C19H25N5O4/c1-2-28-15-5-3-14(4-6-15)24-18(26)16(17(25)22-19(24)27)13-21-9-12-23-10-7-20-8-11-23/h3-6,13,16,20H,2,7-12H2,1H3,(H,22,25,27)/t16-/m0/s1. The van der Waals surface area contributed by atoms with Crippen molar-refractivity contribution in [3.05, 3.63) is 24.3 Å². The van der Waals surface area contributed by atoms with Gasteiger partial charge in [0.25, 0.3) is 5.91 Å². The molecule has 2 heterocycles. The summed E-state index contributed by atoms with van der Waals surface area (Å²) in [5.74, 6) is -1.74. The molecule has 1 aromatic carbocycles. The second-order valence-corrected chi connectivity index (χ2v) is 6.52. The van der Waals surface area contributed by atoms with E-state index in [0.717, 1.165) is 37.6 Å². The molecular weight excluding hydrogens is 362 g/mol. The molecule has 0 bridgehead atoms. The number of barbiturate groups is 1. The van der Waals surface area contributed by atoms with Crippen LogP contribution < -0.4 is 20.3 Å². The minimum absolute atomic E-state index is 0.373. The van der Waals surface area contributed by atoms with Crippen LogP contribution in [0.15, 0.2) is 29.3 Å². The molecule has 9 heteroatoms. The first-order chi connectivity index (χ1) is 13.6. The molecule has 2 fully saturated rings. The molecule has 0 saturated carbocycles. The number of piperazine rings is 1. The Balaban J connectivity index is 1.64. The van der Waals surface area contributed by atoms with E-state index in [4.69, 9.17) is 4.74 Å². The smallest absolute Gasteiger partial charge is 0.335 e. The number of nitrogens with zero attached hydrogens (tertiary/aromatic N) is 3. The number of anilines is 1. The maximum absolute atomic E-state index is 12.8. The summed E-state index contributed by atoms with van der Waals surface area (Å²) in [5, 5.41) is 5.50. The van der Waals surface area contributed by atoms with Gasteiger partial charge < -0.3 is 10.1 Å². The molecule has 1 aromatic rings. The molecule has 2 N–H and O–H groups in total. The van der Waals surface area contributed by atoms with Crippen molar-refractivity contribution in [1.82, 2.24) is 15.5 Å². The van der Waals surface area contributed by atoms with E-state index in [1.165, 1.54) is 6.21 Å². The van der Waals surface area contributed by atoms with Crippen molar-refractivity contribution in [2.45, 2.75) is 6.92 Å². The number of amides is 4. The number of imide groups is 2. The highest BCUT2D eigenvalue weighted by Crippen LogP contribution is 2.23. The van der Waals surface area contributed by atoms with Crippen molar-refractivity contribution < 1.29 is 19.1 Å². The molecule has 28 heavy (non-hydrogen) atoms. The van der Waals surface area contributed by atoms with Crippen LogP contribution in [0, 0.1) is 5.92 Å². The second-order valence-electron chi connectivity index (χ2n) is 6.52. The number of rotatable bonds is 7. The van der Waals surface area contributed by atoms with Crippen LogP contribution in [0.25, 0.3) is 0 Å². The highest BCUT2D eigenvalue weighted by Gasteiger charge is 2.40. The Kier molecular flexibility index (Phi) is 6.72. The van der Waals surface area contributed by atoms with Gasteiger partial charge in [0.15, 0.2) is 5.92 Å². The third-order valence-corrected chi connectivity index (χ3v) is 4.62. The molecule has 4 amide bonds. The fraction of sp³-hybridized carbons (Fsp3) is 0.474. The van der Waals surface area contributed by atoms with Gasteiger partial charge in [-0.05, 0) is 31.2 Å². The molecule has 0 unspecified atom stereocenters. The zero-order valence-electron chi connectivity index (χ0n) is 15.9. The van der Waals surface area contributed by atoms with Crippen LogP contribution in [0.4, 0.5) is 10.5 Å². The monoisotopic (exact) mass is 387 g/mol. The summed E-state index contributed by atoms with van der Waals surface area (Å²) in [4.78, 5) is 44.6. The van der Waals surface area contributed by atoms with Gasteiger partial charge in [0.05, 0.1) is 18.8 Å². The largest absolute Gasteiger partial charge is 0.494 e. The first-order valence-electron chi connectivity index (χ1n) is 9.45. The predicted molar refractivity (Wildman–Crippen MR) is 105 cm³/mol. The van der Waals surface area contributed by atoms with Crippen LogP contribution in [0.1, 0.15) is 6.92 Å². The van der Waals surface area contributed by atoms with E-state index in [1.807, 2.05) is 6.92 Å². The number of hydrogen-bond acceptors (Lipinski definition) is 7. The van der Waals surface area contributed by atoms with E-state index in [0.29, 0.717) is 24.6 Å². The molecule has 2 aliphatic rings. The lowest BCUT2D eigenvalue weighted by molar-refractivity contribution is -0.131. The van der Waals surface area contributed by atoms with E-state index in [9.17, 15) is 14.4 Å². The van der Waals surface area contributed by atoms with Gasteiger partial charge in [0, 0.05) is 38.9 Å². The Hall–Kier alpha value is -2.78. The number of benzene rings is 1. The summed E-state index contributed by atoms with van der Waals surface area (Å²) in [6.07, 6.45) is 1.34. The molecule has 0 aliphatic carbocycles. The number of aliphatic imine (C=N–C) groups is 1. The van der Waals surface area contributed by atoms with E-state index in [2.05, 4.69) is 20.5 Å². The fourth-order valence-corrected chi connectivity index (χ4v) is 3.14. The highest BCUT2D eigenvalue weighted by atomic mass is 16.5. The van der Waals surface area contributed by atoms with Gasteiger partial charge >= 0.3 is 6.03 Å². The molecule has 9 nitrogen and oxygen atoms in total. The number of nitrogens with one attached hydrogen (secondary N) is 2. The maximum Gasteiger partial charge on any atom is 0.335 e. The fourth-order valence-electron chi connectivity index (χ4n) is 3.14. The summed E-state index contributed by atoms with van der Waals surface area (Å²) in [6.45, 7) is 7.46. The first-order valence-corrected chi connectivity index (χ1v) is 9.45. The van der Waals surface area contributed by atoms with Gasteiger partial charge in [-0.25, -0.2) is 9.69 Å². The summed E-state index contributed by atoms with van der Waals surface area (Å²) in [5.41, 5.74) is 0.373. The van der Waals surface area contributed by atoms with Crippen molar-refractivity contribution in [2.75, 3.05) is 50.8 Å². The Morgan fingerprint density at radius 3 is 2.57 bits per heavy atom. The molecule has 0 aromatic heterocycles. The number of carbonyl (C=O) groups is 3. The first kappa shape index (κ1) is 20.0. The van der Waals surface area contributed by atoms with Crippen LogP contribution in [0.3, 0.4) is 0 Å². The lowest BCUT2D eigenvalue weighted by Gasteiger charge is -2.28. The minimum Gasteiger partial charge on any atom is -0.494 e. The number of urea groups is 1. The third-order valence-electron chi connectivity index (χ3n) is 4.62. The number of ether oxygens (including phenoxy) is 1. The summed E-state index contributed by atoms with van der Waals surface area (Å²) >= 11 is 0. The molecule has 150 valence electrons. The van der Waals surface area contributed by atoms with Crippen LogP contribution in [-0.4, -0.2) is 74.8 Å². The topological polar surface area (TPSA) is 103 Å². The van der Waals surface area contributed by atoms with Crippen LogP contribution >= 0.6 is 0 Å². The summed E-state index contributed by atoms with van der Waals surface area (Å²) < 4.78 is 5.37. The molecule has 2 saturated heterocycles. The van der Waals surface area contributed by atoms with Crippen molar-refractivity contribution >= 4 is 29.7 Å². The highest BCUT2D eigenvalue weighted by molar-refractivity contribution is 6.32. The molecular formula is C19H25N5O4. The van der Waals surface area contributed by atoms with E-state index in [-0.39, 0.29) is 0 Å². The van der Waals surface area contributed by atoms with E-state index in [1.54, 1.807) is 24.3 Å². The Morgan fingerprint density at radius 1 is 1.18 bits per heavy atom. The van der Waals surface area contributed by atoms with Crippen LogP contribution in [-0.2, 0) is 9.59 Å². The number of hydrogen-bond donors (Lipinski definition) is 2. The zero-order chi connectivity index (χ0) is 19.9. The molecule has 0 spiro atoms. The lowest BCUT2D eigenvalue weighted by Crippen LogP contribution is -2.58. The van der Waals surface area contributed by atoms with Gasteiger partial charge in [-0.3, -0.25) is 24.8 Å². The molecule has 0 radical (unpaired) electrons. The van der Waals surface area contributed by atoms with Crippen LogP contribution in [0.5, 0.6) is 5.75 Å². The van der Waals surface area contributed by atoms with Gasteiger partial charge in [-0.1, -0.05) is 0 Å². The zero-order valence-corrected chi connectivity index (χ0v) is 15.9. The van der Waals surface area contributed by atoms with Crippen molar-refractivity contribution in [2.24, 2.45) is 10.9 Å². The number of carbonyl (C=O) groups excluding carboxylic acids is 3. The van der Waals surface area contributed by atoms with E-state index < -0.39 is 23.8 Å². The van der Waals surface area contributed by atoms with Gasteiger partial charge in [-0.15, -0.1) is 0 Å². The van der Waals surface area contributed by atoms with Crippen LogP contribution in [0.2, 0.25) is 0 Å². The Bertz CT molecular complexity index is 743. The minimum atomic E-state index is -1.12. The molecule has 2 aliphatic heterocycles. The van der Waals surface area contributed by atoms with Gasteiger partial charge in [0.2, 0.25) is 5.91 Å². The van der Waals surface area contributed by atoms with Gasteiger partial charge in [0.1, 0.15) is 5.75 Å². The average Bonchev–Trinajstić information content (AvgIpc) is 2.69. The Labute approximate surface area is 163 Å². The maximum atomic E-state index is 12.8. The SMILES string of the molecule is CCOc1ccc(N2C(=O)NC(=O)[C@H](C=NCCN3CCNCC3)C2=O)cc1. The average molecular weight is 387 g/mol. The normalized spacial score (nSPS) is 21.2. The summed E-state index contributed by atoms with van der Waals surface area (Å²) in [7, 11) is 0. The van der Waals surface area contributed by atoms with E-state index >= 15 is 0 Å². The van der Waals surface area contributed by atoms with Gasteiger partial charge in [-0.2, -0.15) is 0 Å². The quantitative estimate of drug-likeness (QED) is 0.514. The predicted octanol–water partition coefficient (Wildman–Crippen LogP) is 0.260. The van der Waals surface area contributed by atoms with Crippen molar-refractivity contribution in [3.8, 4) is 5.75 Å². The van der Waals surface area contributed by atoms with Crippen molar-refractivity contribution in [1.29, 1.82) is 0 Å². The second kappa shape index (κ2) is 9.43. The van der Waals surface area contributed by atoms with Crippen molar-refractivity contribution in [3.63, 3.8) is 0 Å². The molecule has 1 atom stereocenters. The third kappa shape index (κ3) is 4.73. The molecule has 3 rings (SSSR count). The summed E-state index contributed by atoms with van der Waals surface area (Å²) in [6, 6.07) is 5.80. The lowest BCUT2D eigenvalue weighted by atomic mass is 10.1.